The maximum Gasteiger partial charge on any atom is 0.253 e. The second-order valence-corrected chi connectivity index (χ2v) is 9.93. The van der Waals surface area contributed by atoms with Crippen molar-refractivity contribution in [1.29, 1.82) is 0 Å². The van der Waals surface area contributed by atoms with Gasteiger partial charge in [0.15, 0.2) is 0 Å². The molecule has 0 spiro atoms. The smallest absolute Gasteiger partial charge is 0.253 e. The fourth-order valence-corrected chi connectivity index (χ4v) is 4.54. The summed E-state index contributed by atoms with van der Waals surface area (Å²) in [6, 6.07) is 11.0. The zero-order chi connectivity index (χ0) is 24.1. The average Bonchev–Trinajstić information content (AvgIpc) is 2.73. The van der Waals surface area contributed by atoms with Crippen LogP contribution < -0.4 is 14.9 Å². The van der Waals surface area contributed by atoms with Crippen LogP contribution in [0.15, 0.2) is 42.5 Å². The molecule has 0 radical (unpaired) electrons. The molecule has 2 aromatic carbocycles. The van der Waals surface area contributed by atoms with Crippen molar-refractivity contribution >= 4 is 33.2 Å². The molecule has 0 aliphatic heterocycles. The summed E-state index contributed by atoms with van der Waals surface area (Å²) in [5, 5.41) is 5.67. The van der Waals surface area contributed by atoms with E-state index in [2.05, 4.69) is 10.6 Å². The molecule has 0 aliphatic rings. The quantitative estimate of drug-likeness (QED) is 0.592. The Morgan fingerprint density at radius 1 is 1.00 bits per heavy atom. The van der Waals surface area contributed by atoms with Crippen LogP contribution in [0.1, 0.15) is 55.1 Å². The van der Waals surface area contributed by atoms with E-state index in [1.165, 1.54) is 0 Å². The van der Waals surface area contributed by atoms with Gasteiger partial charge >= 0.3 is 0 Å². The number of hydrogen-bond acceptors (Lipinski definition) is 4. The normalized spacial score (nSPS) is 13.2. The molecular formula is C24H33N3O4S. The lowest BCUT2D eigenvalue weighted by molar-refractivity contribution is -0.117. The molecule has 0 aromatic heterocycles. The van der Waals surface area contributed by atoms with Gasteiger partial charge in [0, 0.05) is 6.04 Å². The molecule has 0 saturated carbocycles. The number of carbonyl (C=O) groups excluding carboxylic acids is 2. The van der Waals surface area contributed by atoms with Crippen LogP contribution in [-0.4, -0.2) is 38.6 Å². The Kier molecular flexibility index (Phi) is 8.44. The van der Waals surface area contributed by atoms with Gasteiger partial charge in [-0.05, 0) is 69.0 Å². The van der Waals surface area contributed by atoms with E-state index in [1.54, 1.807) is 43.3 Å². The third kappa shape index (κ3) is 6.09. The third-order valence-electron chi connectivity index (χ3n) is 5.49. The summed E-state index contributed by atoms with van der Waals surface area (Å²) in [7, 11) is -3.75. The monoisotopic (exact) mass is 459 g/mol. The van der Waals surface area contributed by atoms with Crippen LogP contribution in [0, 0.1) is 13.8 Å². The SMILES string of the molecule is CC[C@@H](C)NC(=O)c1ccccc1NC(=O)[C@@H](CC)N(c1ccc(C)c(C)c1)S(C)(=O)=O. The maximum atomic E-state index is 13.3. The van der Waals surface area contributed by atoms with Crippen molar-refractivity contribution in [3.63, 3.8) is 0 Å². The maximum absolute atomic E-state index is 13.3. The van der Waals surface area contributed by atoms with Gasteiger partial charge in [-0.1, -0.05) is 32.0 Å². The van der Waals surface area contributed by atoms with E-state index in [0.717, 1.165) is 28.1 Å². The lowest BCUT2D eigenvalue weighted by Gasteiger charge is -2.30. The van der Waals surface area contributed by atoms with Crippen molar-refractivity contribution in [2.24, 2.45) is 0 Å². The molecule has 0 saturated heterocycles. The third-order valence-corrected chi connectivity index (χ3v) is 6.67. The first-order valence-corrected chi connectivity index (χ1v) is 12.6. The molecule has 2 N–H and O–H groups in total. The van der Waals surface area contributed by atoms with E-state index in [0.29, 0.717) is 16.9 Å². The summed E-state index contributed by atoms with van der Waals surface area (Å²) in [6.07, 6.45) is 2.12. The van der Waals surface area contributed by atoms with E-state index < -0.39 is 22.0 Å². The van der Waals surface area contributed by atoms with Crippen molar-refractivity contribution in [1.82, 2.24) is 5.32 Å². The lowest BCUT2D eigenvalue weighted by Crippen LogP contribution is -2.47. The number of rotatable bonds is 9. The first-order valence-electron chi connectivity index (χ1n) is 10.8. The van der Waals surface area contributed by atoms with Crippen LogP contribution in [0.2, 0.25) is 0 Å². The van der Waals surface area contributed by atoms with Crippen molar-refractivity contribution in [2.45, 2.75) is 59.5 Å². The van der Waals surface area contributed by atoms with Gasteiger partial charge in [-0.2, -0.15) is 0 Å². The number of aryl methyl sites for hydroxylation is 2. The van der Waals surface area contributed by atoms with Gasteiger partial charge in [0.05, 0.1) is 23.2 Å². The van der Waals surface area contributed by atoms with Crippen LogP contribution in [0.3, 0.4) is 0 Å². The van der Waals surface area contributed by atoms with Gasteiger partial charge in [0.2, 0.25) is 15.9 Å². The first-order chi connectivity index (χ1) is 15.0. The van der Waals surface area contributed by atoms with Gasteiger partial charge in [-0.3, -0.25) is 13.9 Å². The molecule has 0 fully saturated rings. The molecule has 0 aliphatic carbocycles. The lowest BCUT2D eigenvalue weighted by atomic mass is 10.1. The minimum absolute atomic E-state index is 0.0137. The number of benzene rings is 2. The number of para-hydroxylation sites is 1. The van der Waals surface area contributed by atoms with Gasteiger partial charge in [0.1, 0.15) is 6.04 Å². The molecule has 2 amide bonds. The average molecular weight is 460 g/mol. The van der Waals surface area contributed by atoms with Crippen LogP contribution in [0.4, 0.5) is 11.4 Å². The molecule has 2 rings (SSSR count). The minimum Gasteiger partial charge on any atom is -0.350 e. The van der Waals surface area contributed by atoms with Crippen LogP contribution in [0.25, 0.3) is 0 Å². The Morgan fingerprint density at radius 3 is 2.22 bits per heavy atom. The second-order valence-electron chi connectivity index (χ2n) is 8.07. The largest absolute Gasteiger partial charge is 0.350 e. The number of carbonyl (C=O) groups is 2. The highest BCUT2D eigenvalue weighted by Crippen LogP contribution is 2.26. The Bertz CT molecular complexity index is 1080. The highest BCUT2D eigenvalue weighted by Gasteiger charge is 2.32. The Balaban J connectivity index is 2.40. The van der Waals surface area contributed by atoms with Crippen molar-refractivity contribution < 1.29 is 18.0 Å². The molecule has 0 bridgehead atoms. The van der Waals surface area contributed by atoms with Crippen molar-refractivity contribution in [3.05, 3.63) is 59.2 Å². The summed E-state index contributed by atoms with van der Waals surface area (Å²) in [6.45, 7) is 9.46. The van der Waals surface area contributed by atoms with Gasteiger partial charge in [-0.15, -0.1) is 0 Å². The molecular weight excluding hydrogens is 426 g/mol. The minimum atomic E-state index is -3.75. The molecule has 7 nitrogen and oxygen atoms in total. The van der Waals surface area contributed by atoms with Crippen molar-refractivity contribution in [3.8, 4) is 0 Å². The fraction of sp³-hybridized carbons (Fsp3) is 0.417. The molecule has 174 valence electrons. The van der Waals surface area contributed by atoms with Crippen LogP contribution in [0.5, 0.6) is 0 Å². The number of amides is 2. The van der Waals surface area contributed by atoms with Gasteiger partial charge < -0.3 is 10.6 Å². The van der Waals surface area contributed by atoms with E-state index in [9.17, 15) is 18.0 Å². The summed E-state index contributed by atoms with van der Waals surface area (Å²) in [5.74, 6) is -0.794. The highest BCUT2D eigenvalue weighted by molar-refractivity contribution is 7.92. The Labute approximate surface area is 191 Å². The van der Waals surface area contributed by atoms with E-state index in [1.807, 2.05) is 33.8 Å². The number of sulfonamides is 1. The summed E-state index contributed by atoms with van der Waals surface area (Å²) < 4.78 is 26.5. The Morgan fingerprint density at radius 2 is 1.66 bits per heavy atom. The number of nitrogens with zero attached hydrogens (tertiary/aromatic N) is 1. The summed E-state index contributed by atoms with van der Waals surface area (Å²) >= 11 is 0. The molecule has 2 aromatic rings. The van der Waals surface area contributed by atoms with Crippen LogP contribution >= 0.6 is 0 Å². The standard InChI is InChI=1S/C24H33N3O4S/c1-7-18(5)25-23(28)20-11-9-10-12-21(20)26-24(29)22(8-2)27(32(6,30)31)19-14-13-16(3)17(4)15-19/h9-15,18,22H,7-8H2,1-6H3,(H,25,28)(H,26,29)/t18-,22-/m1/s1. The molecule has 0 unspecified atom stereocenters. The number of nitrogens with one attached hydrogen (secondary N) is 2. The topological polar surface area (TPSA) is 95.6 Å². The molecule has 0 heterocycles. The van der Waals surface area contributed by atoms with Gasteiger partial charge in [0.25, 0.3) is 5.91 Å². The van der Waals surface area contributed by atoms with E-state index >= 15 is 0 Å². The molecule has 2 atom stereocenters. The molecule has 8 heteroatoms. The fourth-order valence-electron chi connectivity index (χ4n) is 3.33. The second kappa shape index (κ2) is 10.6. The zero-order valence-electron chi connectivity index (χ0n) is 19.6. The first kappa shape index (κ1) is 25.4. The van der Waals surface area contributed by atoms with Crippen molar-refractivity contribution in [2.75, 3.05) is 15.9 Å². The van der Waals surface area contributed by atoms with E-state index in [-0.39, 0.29) is 18.4 Å². The number of anilines is 2. The predicted molar refractivity (Wildman–Crippen MR) is 130 cm³/mol. The summed E-state index contributed by atoms with van der Waals surface area (Å²) in [5.41, 5.74) is 3.05. The van der Waals surface area contributed by atoms with E-state index in [4.69, 9.17) is 0 Å². The van der Waals surface area contributed by atoms with Crippen LogP contribution in [-0.2, 0) is 14.8 Å². The summed E-state index contributed by atoms with van der Waals surface area (Å²) in [4.78, 5) is 25.9. The Hall–Kier alpha value is -2.87. The highest BCUT2D eigenvalue weighted by atomic mass is 32.2. The number of hydrogen-bond donors (Lipinski definition) is 2. The molecule has 32 heavy (non-hydrogen) atoms. The predicted octanol–water partition coefficient (Wildman–Crippen LogP) is 4.02. The zero-order valence-corrected chi connectivity index (χ0v) is 20.4. The van der Waals surface area contributed by atoms with Gasteiger partial charge in [-0.25, -0.2) is 8.42 Å².